The number of halogens is 1. The van der Waals surface area contributed by atoms with Gasteiger partial charge in [-0.05, 0) is 17.7 Å². The van der Waals surface area contributed by atoms with Gasteiger partial charge in [0.2, 0.25) is 5.91 Å². The molecule has 1 heterocycles. The topological polar surface area (TPSA) is 113 Å². The summed E-state index contributed by atoms with van der Waals surface area (Å²) in [6, 6.07) is 15.0. The van der Waals surface area contributed by atoms with Crippen molar-refractivity contribution in [2.24, 2.45) is 0 Å². The maximum atomic E-state index is 12.7. The minimum absolute atomic E-state index is 0.0597. The van der Waals surface area contributed by atoms with E-state index in [-0.39, 0.29) is 12.1 Å². The lowest BCUT2D eigenvalue weighted by Crippen LogP contribution is -2.43. The summed E-state index contributed by atoms with van der Waals surface area (Å²) < 4.78 is 0. The Hall–Kier alpha value is -3.78. The fourth-order valence-corrected chi connectivity index (χ4v) is 2.88. The molecule has 3 aromatic rings. The van der Waals surface area contributed by atoms with E-state index in [1.54, 1.807) is 48.5 Å². The predicted octanol–water partition coefficient (Wildman–Crippen LogP) is 2.45. The molecular weight excluding hydrogens is 406 g/mol. The zero-order valence-electron chi connectivity index (χ0n) is 15.7. The van der Waals surface area contributed by atoms with Crippen molar-refractivity contribution in [3.63, 3.8) is 0 Å². The van der Waals surface area contributed by atoms with Gasteiger partial charge >= 0.3 is 0 Å². The highest BCUT2D eigenvalue weighted by Gasteiger charge is 2.21. The Bertz CT molecular complexity index is 1030. The number of carbonyl (C=O) groups is 3. The number of aromatic nitrogens is 2. The zero-order chi connectivity index (χ0) is 21.3. The van der Waals surface area contributed by atoms with Crippen LogP contribution >= 0.6 is 11.6 Å². The SMILES string of the molecule is O=C(CC(NC(=O)c1ccccc1Cl)c1ccccc1)NNC(=O)c1cnccn1. The van der Waals surface area contributed by atoms with Gasteiger partial charge in [0.1, 0.15) is 5.69 Å². The smallest absolute Gasteiger partial charge is 0.289 e. The molecule has 0 aliphatic rings. The van der Waals surface area contributed by atoms with Crippen LogP contribution in [0, 0.1) is 0 Å². The summed E-state index contributed by atoms with van der Waals surface area (Å²) in [4.78, 5) is 44.7. The fourth-order valence-electron chi connectivity index (χ4n) is 2.66. The van der Waals surface area contributed by atoms with E-state index in [1.165, 1.54) is 18.6 Å². The number of carbonyl (C=O) groups excluding carboxylic acids is 3. The molecule has 8 nitrogen and oxygen atoms in total. The monoisotopic (exact) mass is 423 g/mol. The second-order valence-corrected chi connectivity index (χ2v) is 6.62. The zero-order valence-corrected chi connectivity index (χ0v) is 16.5. The predicted molar refractivity (Wildman–Crippen MR) is 110 cm³/mol. The third-order valence-electron chi connectivity index (χ3n) is 4.13. The number of hydrogen-bond acceptors (Lipinski definition) is 5. The third-order valence-corrected chi connectivity index (χ3v) is 4.46. The summed E-state index contributed by atoms with van der Waals surface area (Å²) in [7, 11) is 0. The van der Waals surface area contributed by atoms with Crippen LogP contribution in [-0.4, -0.2) is 27.7 Å². The highest BCUT2D eigenvalue weighted by molar-refractivity contribution is 6.33. The molecule has 0 aliphatic heterocycles. The molecule has 0 fully saturated rings. The van der Waals surface area contributed by atoms with E-state index >= 15 is 0 Å². The Labute approximate surface area is 177 Å². The van der Waals surface area contributed by atoms with E-state index in [9.17, 15) is 14.4 Å². The van der Waals surface area contributed by atoms with Gasteiger partial charge in [-0.15, -0.1) is 0 Å². The van der Waals surface area contributed by atoms with Gasteiger partial charge in [-0.3, -0.25) is 30.2 Å². The van der Waals surface area contributed by atoms with Crippen LogP contribution in [-0.2, 0) is 4.79 Å². The van der Waals surface area contributed by atoms with Gasteiger partial charge in [-0.2, -0.15) is 0 Å². The van der Waals surface area contributed by atoms with Crippen molar-refractivity contribution in [3.8, 4) is 0 Å². The molecule has 3 rings (SSSR count). The second kappa shape index (κ2) is 10.1. The Morgan fingerprint density at radius 2 is 1.63 bits per heavy atom. The second-order valence-electron chi connectivity index (χ2n) is 6.21. The molecule has 1 atom stereocenters. The quantitative estimate of drug-likeness (QED) is 0.527. The minimum Gasteiger partial charge on any atom is -0.345 e. The van der Waals surface area contributed by atoms with Gasteiger partial charge in [0, 0.05) is 12.4 Å². The van der Waals surface area contributed by atoms with E-state index in [4.69, 9.17) is 11.6 Å². The summed E-state index contributed by atoms with van der Waals surface area (Å²) in [5.41, 5.74) is 5.69. The molecule has 3 amide bonds. The van der Waals surface area contributed by atoms with Crippen LogP contribution in [0.4, 0.5) is 0 Å². The average Bonchev–Trinajstić information content (AvgIpc) is 2.78. The standard InChI is InChI=1S/C21H18ClN5O3/c22-16-9-5-4-8-15(16)20(29)25-17(14-6-2-1-3-7-14)12-19(28)26-27-21(30)18-13-23-10-11-24-18/h1-11,13,17H,12H2,(H,25,29)(H,26,28)(H,27,30). The van der Waals surface area contributed by atoms with Gasteiger partial charge in [-0.25, -0.2) is 4.98 Å². The first kappa shape index (κ1) is 20.9. The maximum absolute atomic E-state index is 12.7. The molecule has 0 saturated carbocycles. The van der Waals surface area contributed by atoms with Crippen LogP contribution < -0.4 is 16.2 Å². The lowest BCUT2D eigenvalue weighted by Gasteiger charge is -2.19. The number of hydrogen-bond donors (Lipinski definition) is 3. The molecule has 3 N–H and O–H groups in total. The lowest BCUT2D eigenvalue weighted by atomic mass is 10.0. The molecule has 152 valence electrons. The molecular formula is C21H18ClN5O3. The van der Waals surface area contributed by atoms with Crippen molar-refractivity contribution in [2.75, 3.05) is 0 Å². The van der Waals surface area contributed by atoms with Crippen molar-refractivity contribution < 1.29 is 14.4 Å². The summed E-state index contributed by atoms with van der Waals surface area (Å²) in [5, 5.41) is 3.13. The molecule has 0 radical (unpaired) electrons. The normalized spacial score (nSPS) is 11.2. The van der Waals surface area contributed by atoms with E-state index in [0.29, 0.717) is 10.6 Å². The molecule has 9 heteroatoms. The largest absolute Gasteiger partial charge is 0.345 e. The molecule has 0 spiro atoms. The number of benzene rings is 2. The van der Waals surface area contributed by atoms with Crippen LogP contribution in [0.25, 0.3) is 0 Å². The van der Waals surface area contributed by atoms with Gasteiger partial charge < -0.3 is 5.32 Å². The van der Waals surface area contributed by atoms with Gasteiger partial charge in [0.15, 0.2) is 0 Å². The fraction of sp³-hybridized carbons (Fsp3) is 0.0952. The molecule has 2 aromatic carbocycles. The molecule has 30 heavy (non-hydrogen) atoms. The highest BCUT2D eigenvalue weighted by Crippen LogP contribution is 2.20. The van der Waals surface area contributed by atoms with Crippen molar-refractivity contribution in [1.82, 2.24) is 26.1 Å². The Balaban J connectivity index is 1.67. The van der Waals surface area contributed by atoms with Crippen molar-refractivity contribution in [1.29, 1.82) is 0 Å². The minimum atomic E-state index is -0.636. The van der Waals surface area contributed by atoms with E-state index in [2.05, 4.69) is 26.1 Å². The number of nitrogens with zero attached hydrogens (tertiary/aromatic N) is 2. The van der Waals surface area contributed by atoms with Gasteiger partial charge in [-0.1, -0.05) is 54.1 Å². The van der Waals surface area contributed by atoms with Crippen LogP contribution in [0.1, 0.15) is 38.9 Å². The highest BCUT2D eigenvalue weighted by atomic mass is 35.5. The first-order chi connectivity index (χ1) is 14.5. The van der Waals surface area contributed by atoms with Crippen LogP contribution in [0.15, 0.2) is 73.2 Å². The lowest BCUT2D eigenvalue weighted by molar-refractivity contribution is -0.122. The van der Waals surface area contributed by atoms with Crippen LogP contribution in [0.5, 0.6) is 0 Å². The maximum Gasteiger partial charge on any atom is 0.289 e. The van der Waals surface area contributed by atoms with Gasteiger partial charge in [0.05, 0.1) is 29.2 Å². The number of rotatable bonds is 6. The number of hydrazine groups is 1. The molecule has 0 bridgehead atoms. The van der Waals surface area contributed by atoms with E-state index < -0.39 is 23.8 Å². The Morgan fingerprint density at radius 3 is 2.33 bits per heavy atom. The average molecular weight is 424 g/mol. The molecule has 0 saturated heterocycles. The first-order valence-electron chi connectivity index (χ1n) is 9.00. The summed E-state index contributed by atoms with van der Waals surface area (Å²) >= 11 is 6.10. The van der Waals surface area contributed by atoms with Crippen LogP contribution in [0.2, 0.25) is 5.02 Å². The van der Waals surface area contributed by atoms with E-state index in [1.807, 2.05) is 6.07 Å². The molecule has 0 aliphatic carbocycles. The van der Waals surface area contributed by atoms with Crippen molar-refractivity contribution in [2.45, 2.75) is 12.5 Å². The van der Waals surface area contributed by atoms with Gasteiger partial charge in [0.25, 0.3) is 11.8 Å². The first-order valence-corrected chi connectivity index (χ1v) is 9.38. The molecule has 1 unspecified atom stereocenters. The molecule has 1 aromatic heterocycles. The van der Waals surface area contributed by atoms with Crippen molar-refractivity contribution >= 4 is 29.3 Å². The third kappa shape index (κ3) is 5.62. The summed E-state index contributed by atoms with van der Waals surface area (Å²) in [5.74, 6) is -1.51. The number of amides is 3. The van der Waals surface area contributed by atoms with Crippen molar-refractivity contribution in [3.05, 3.63) is 95.0 Å². The number of nitrogens with one attached hydrogen (secondary N) is 3. The van der Waals surface area contributed by atoms with E-state index in [0.717, 1.165) is 5.56 Å². The van der Waals surface area contributed by atoms with Crippen LogP contribution in [0.3, 0.4) is 0 Å². The Kier molecular flexibility index (Phi) is 7.07. The summed E-state index contributed by atoms with van der Waals surface area (Å²) in [6.07, 6.45) is 3.97. The summed E-state index contributed by atoms with van der Waals surface area (Å²) in [6.45, 7) is 0. The Morgan fingerprint density at radius 1 is 0.900 bits per heavy atom.